The average molecular weight is 299 g/mol. The molecule has 0 saturated heterocycles. The maximum absolute atomic E-state index is 11.7. The van der Waals surface area contributed by atoms with Gasteiger partial charge in [-0.2, -0.15) is 0 Å². The molecule has 0 unspecified atom stereocenters. The summed E-state index contributed by atoms with van der Waals surface area (Å²) in [5.41, 5.74) is 0.710. The predicted molar refractivity (Wildman–Crippen MR) is 73.4 cm³/mol. The Balaban J connectivity index is 2.19. The maximum Gasteiger partial charge on any atom is 0.188 e. The third-order valence-electron chi connectivity index (χ3n) is 2.54. The number of benzene rings is 1. The van der Waals surface area contributed by atoms with E-state index in [1.54, 1.807) is 0 Å². The van der Waals surface area contributed by atoms with Crippen molar-refractivity contribution in [2.24, 2.45) is 0 Å². The van der Waals surface area contributed by atoms with Gasteiger partial charge in [-0.1, -0.05) is 54.2 Å². The van der Waals surface area contributed by atoms with Gasteiger partial charge in [0.25, 0.3) is 0 Å². The van der Waals surface area contributed by atoms with Crippen LogP contribution in [0.3, 0.4) is 0 Å². The van der Waals surface area contributed by atoms with E-state index in [-0.39, 0.29) is 12.4 Å². The lowest BCUT2D eigenvalue weighted by atomic mass is 10.1. The van der Waals surface area contributed by atoms with Gasteiger partial charge < -0.3 is 4.74 Å². The number of ether oxygens (including phenoxy) is 1. The number of carbonyl (C=O) groups excluding carboxylic acids is 1. The molecule has 0 heterocycles. The van der Waals surface area contributed by atoms with Crippen LogP contribution in [0.2, 0.25) is 0 Å². The van der Waals surface area contributed by atoms with Crippen molar-refractivity contribution in [3.8, 4) is 0 Å². The predicted octanol–water partition coefficient (Wildman–Crippen LogP) is 4.23. The van der Waals surface area contributed by atoms with Gasteiger partial charge in [0.2, 0.25) is 0 Å². The van der Waals surface area contributed by atoms with Crippen LogP contribution in [0.4, 0.5) is 0 Å². The second kappa shape index (κ2) is 8.43. The molecule has 2 nitrogen and oxygen atoms in total. The van der Waals surface area contributed by atoms with Gasteiger partial charge in [-0.05, 0) is 18.6 Å². The van der Waals surface area contributed by atoms with Crippen molar-refractivity contribution in [1.82, 2.24) is 0 Å². The zero-order chi connectivity index (χ0) is 12.5. The van der Waals surface area contributed by atoms with Crippen LogP contribution in [0, 0.1) is 0 Å². The van der Waals surface area contributed by atoms with Crippen LogP contribution < -0.4 is 0 Å². The van der Waals surface area contributed by atoms with Crippen molar-refractivity contribution in [3.05, 3.63) is 34.3 Å². The lowest BCUT2D eigenvalue weighted by Gasteiger charge is -2.03. The first-order chi connectivity index (χ1) is 8.24. The molecule has 0 spiro atoms. The van der Waals surface area contributed by atoms with Crippen LogP contribution in [-0.4, -0.2) is 19.0 Å². The molecular weight excluding hydrogens is 280 g/mol. The molecule has 0 saturated carbocycles. The summed E-state index contributed by atoms with van der Waals surface area (Å²) in [5, 5.41) is 0. The van der Waals surface area contributed by atoms with Crippen molar-refractivity contribution in [1.29, 1.82) is 0 Å². The van der Waals surface area contributed by atoms with Crippen LogP contribution in [0.25, 0.3) is 0 Å². The lowest BCUT2D eigenvalue weighted by molar-refractivity contribution is 0.0752. The topological polar surface area (TPSA) is 26.3 Å². The van der Waals surface area contributed by atoms with Gasteiger partial charge in [0.05, 0.1) is 0 Å². The molecule has 0 aromatic heterocycles. The largest absolute Gasteiger partial charge is 0.373 e. The van der Waals surface area contributed by atoms with Gasteiger partial charge in [-0.25, -0.2) is 0 Å². The van der Waals surface area contributed by atoms with E-state index < -0.39 is 0 Å². The van der Waals surface area contributed by atoms with E-state index in [1.165, 1.54) is 19.3 Å². The van der Waals surface area contributed by atoms with E-state index in [4.69, 9.17) is 4.74 Å². The normalized spacial score (nSPS) is 10.5. The maximum atomic E-state index is 11.7. The minimum Gasteiger partial charge on any atom is -0.373 e. The number of hydrogen-bond acceptors (Lipinski definition) is 2. The van der Waals surface area contributed by atoms with Crippen LogP contribution in [0.5, 0.6) is 0 Å². The summed E-state index contributed by atoms with van der Waals surface area (Å²) in [6, 6.07) is 7.36. The lowest BCUT2D eigenvalue weighted by Crippen LogP contribution is -2.09. The number of rotatable bonds is 8. The molecule has 0 N–H and O–H groups in total. The summed E-state index contributed by atoms with van der Waals surface area (Å²) < 4.78 is 6.35. The Hall–Kier alpha value is -0.670. The highest BCUT2D eigenvalue weighted by Crippen LogP contribution is 2.11. The van der Waals surface area contributed by atoms with Crippen LogP contribution in [0.15, 0.2) is 28.7 Å². The van der Waals surface area contributed by atoms with E-state index in [9.17, 15) is 4.79 Å². The Bertz CT molecular complexity index is 333. The highest BCUT2D eigenvalue weighted by atomic mass is 79.9. The Morgan fingerprint density at radius 1 is 1.18 bits per heavy atom. The zero-order valence-corrected chi connectivity index (χ0v) is 11.8. The molecule has 1 rings (SSSR count). The Kier molecular flexibility index (Phi) is 7.13. The summed E-state index contributed by atoms with van der Waals surface area (Å²) >= 11 is 3.34. The van der Waals surface area contributed by atoms with Crippen LogP contribution >= 0.6 is 15.9 Å². The van der Waals surface area contributed by atoms with Crippen molar-refractivity contribution in [2.45, 2.75) is 32.6 Å². The molecule has 0 aliphatic carbocycles. The minimum atomic E-state index is 0.0491. The number of halogens is 1. The summed E-state index contributed by atoms with van der Waals surface area (Å²) in [5.74, 6) is 0.0491. The van der Waals surface area contributed by atoms with Gasteiger partial charge >= 0.3 is 0 Å². The SMILES string of the molecule is CCCCCCOCC(=O)c1ccc(Br)cc1. The number of carbonyl (C=O) groups is 1. The van der Waals surface area contributed by atoms with Crippen molar-refractivity contribution >= 4 is 21.7 Å². The monoisotopic (exact) mass is 298 g/mol. The molecule has 0 fully saturated rings. The van der Waals surface area contributed by atoms with E-state index in [0.717, 1.165) is 10.9 Å². The summed E-state index contributed by atoms with van der Waals surface area (Å²) in [7, 11) is 0. The Morgan fingerprint density at radius 3 is 2.53 bits per heavy atom. The number of unbranched alkanes of at least 4 members (excludes halogenated alkanes) is 3. The van der Waals surface area contributed by atoms with Crippen molar-refractivity contribution in [3.63, 3.8) is 0 Å². The van der Waals surface area contributed by atoms with E-state index in [2.05, 4.69) is 22.9 Å². The molecule has 0 aliphatic heterocycles. The number of hydrogen-bond donors (Lipinski definition) is 0. The molecule has 3 heteroatoms. The third kappa shape index (κ3) is 5.99. The molecule has 1 aromatic rings. The van der Waals surface area contributed by atoms with E-state index >= 15 is 0 Å². The summed E-state index contributed by atoms with van der Waals surface area (Å²) in [6.45, 7) is 3.05. The molecule has 1 aromatic carbocycles. The Labute approximate surface area is 111 Å². The first kappa shape index (κ1) is 14.4. The molecule has 0 bridgehead atoms. The third-order valence-corrected chi connectivity index (χ3v) is 3.07. The molecule has 0 radical (unpaired) electrons. The quantitative estimate of drug-likeness (QED) is 0.530. The smallest absolute Gasteiger partial charge is 0.188 e. The van der Waals surface area contributed by atoms with Gasteiger partial charge in [0, 0.05) is 16.6 Å². The average Bonchev–Trinajstić information content (AvgIpc) is 2.34. The summed E-state index contributed by atoms with van der Waals surface area (Å²) in [6.07, 6.45) is 4.69. The second-order valence-corrected chi connectivity index (χ2v) is 4.96. The first-order valence-electron chi connectivity index (χ1n) is 6.10. The molecule has 0 aliphatic rings. The van der Waals surface area contributed by atoms with E-state index in [1.807, 2.05) is 24.3 Å². The molecule has 0 amide bonds. The minimum absolute atomic E-state index is 0.0491. The highest BCUT2D eigenvalue weighted by Gasteiger charge is 2.05. The second-order valence-electron chi connectivity index (χ2n) is 4.04. The van der Waals surface area contributed by atoms with Crippen LogP contribution in [0.1, 0.15) is 43.0 Å². The molecular formula is C14H19BrO2. The molecule has 94 valence electrons. The molecule has 17 heavy (non-hydrogen) atoms. The fraction of sp³-hybridized carbons (Fsp3) is 0.500. The number of ketones is 1. The van der Waals surface area contributed by atoms with E-state index in [0.29, 0.717) is 12.2 Å². The van der Waals surface area contributed by atoms with Crippen molar-refractivity contribution in [2.75, 3.05) is 13.2 Å². The summed E-state index contributed by atoms with van der Waals surface area (Å²) in [4.78, 5) is 11.7. The van der Waals surface area contributed by atoms with Gasteiger partial charge in [0.1, 0.15) is 6.61 Å². The van der Waals surface area contributed by atoms with Gasteiger partial charge in [-0.3, -0.25) is 4.79 Å². The molecule has 0 atom stereocenters. The standard InChI is InChI=1S/C14H19BrO2/c1-2-3-4-5-10-17-11-14(16)12-6-8-13(15)9-7-12/h6-9H,2-5,10-11H2,1H3. The van der Waals surface area contributed by atoms with Crippen molar-refractivity contribution < 1.29 is 9.53 Å². The van der Waals surface area contributed by atoms with Gasteiger partial charge in [0.15, 0.2) is 5.78 Å². The first-order valence-corrected chi connectivity index (χ1v) is 6.90. The fourth-order valence-electron chi connectivity index (χ4n) is 1.51. The van der Waals surface area contributed by atoms with Gasteiger partial charge in [-0.15, -0.1) is 0 Å². The Morgan fingerprint density at radius 2 is 1.88 bits per heavy atom. The zero-order valence-electron chi connectivity index (χ0n) is 10.2. The highest BCUT2D eigenvalue weighted by molar-refractivity contribution is 9.10. The number of Topliss-reactive ketones (excluding diaryl/α,β-unsaturated/α-hetero) is 1. The fourth-order valence-corrected chi connectivity index (χ4v) is 1.78. The van der Waals surface area contributed by atoms with Crippen LogP contribution in [-0.2, 0) is 4.74 Å².